The minimum Gasteiger partial charge on any atom is -0.490 e. The second-order valence-corrected chi connectivity index (χ2v) is 6.28. The van der Waals surface area contributed by atoms with Crippen LogP contribution in [-0.4, -0.2) is 6.10 Å². The fourth-order valence-corrected chi connectivity index (χ4v) is 3.00. The van der Waals surface area contributed by atoms with Crippen LogP contribution < -0.4 is 10.1 Å². The lowest BCUT2D eigenvalue weighted by atomic mass is 10.1. The molecule has 0 amide bonds. The van der Waals surface area contributed by atoms with Gasteiger partial charge in [0.2, 0.25) is 0 Å². The van der Waals surface area contributed by atoms with Crippen molar-refractivity contribution in [2.75, 3.05) is 5.32 Å². The van der Waals surface area contributed by atoms with Crippen molar-refractivity contribution >= 4 is 5.69 Å². The number of benzene rings is 2. The van der Waals surface area contributed by atoms with Gasteiger partial charge < -0.3 is 10.1 Å². The predicted octanol–water partition coefficient (Wildman–Crippen LogP) is 5.24. The van der Waals surface area contributed by atoms with Gasteiger partial charge in [0, 0.05) is 17.8 Å². The van der Waals surface area contributed by atoms with Gasteiger partial charge in [0.15, 0.2) is 0 Å². The van der Waals surface area contributed by atoms with Crippen molar-refractivity contribution in [3.05, 3.63) is 59.2 Å². The number of hydrogen-bond acceptors (Lipinski definition) is 2. The predicted molar refractivity (Wildman–Crippen MR) is 92.6 cm³/mol. The fourth-order valence-electron chi connectivity index (χ4n) is 3.00. The molecule has 2 nitrogen and oxygen atoms in total. The molecule has 2 aromatic rings. The summed E-state index contributed by atoms with van der Waals surface area (Å²) in [5, 5.41) is 3.51. The molecule has 0 atom stereocenters. The van der Waals surface area contributed by atoms with Gasteiger partial charge in [-0.25, -0.2) is 0 Å². The zero-order chi connectivity index (χ0) is 15.4. The maximum atomic E-state index is 6.20. The van der Waals surface area contributed by atoms with Crippen molar-refractivity contribution in [1.29, 1.82) is 0 Å². The van der Waals surface area contributed by atoms with Crippen molar-refractivity contribution in [3.63, 3.8) is 0 Å². The topological polar surface area (TPSA) is 21.3 Å². The number of ether oxygens (including phenoxy) is 1. The van der Waals surface area contributed by atoms with Gasteiger partial charge in [-0.2, -0.15) is 0 Å². The van der Waals surface area contributed by atoms with E-state index in [2.05, 4.69) is 61.6 Å². The molecule has 116 valence electrons. The first-order valence-corrected chi connectivity index (χ1v) is 8.28. The van der Waals surface area contributed by atoms with Crippen LogP contribution in [0.4, 0.5) is 5.69 Å². The van der Waals surface area contributed by atoms with Gasteiger partial charge in [0.25, 0.3) is 0 Å². The van der Waals surface area contributed by atoms with E-state index in [9.17, 15) is 0 Å². The van der Waals surface area contributed by atoms with Crippen LogP contribution in [0.15, 0.2) is 42.5 Å². The van der Waals surface area contributed by atoms with Gasteiger partial charge in [-0.05, 0) is 68.9 Å². The van der Waals surface area contributed by atoms with Gasteiger partial charge in [-0.1, -0.05) is 24.3 Å². The molecule has 1 aliphatic carbocycles. The number of hydrogen-bond donors (Lipinski definition) is 1. The van der Waals surface area contributed by atoms with Crippen molar-refractivity contribution in [2.24, 2.45) is 0 Å². The summed E-state index contributed by atoms with van der Waals surface area (Å²) in [6.45, 7) is 5.09. The first kappa shape index (κ1) is 15.0. The summed E-state index contributed by atoms with van der Waals surface area (Å²) in [5.74, 6) is 1.03. The zero-order valence-electron chi connectivity index (χ0n) is 13.6. The van der Waals surface area contributed by atoms with Gasteiger partial charge in [-0.3, -0.25) is 0 Å². The molecule has 0 saturated heterocycles. The molecule has 2 heteroatoms. The van der Waals surface area contributed by atoms with Crippen LogP contribution in [0.25, 0.3) is 0 Å². The summed E-state index contributed by atoms with van der Waals surface area (Å²) in [6, 6.07) is 14.9. The smallest absolute Gasteiger partial charge is 0.124 e. The molecule has 0 radical (unpaired) electrons. The Labute approximate surface area is 133 Å². The van der Waals surface area contributed by atoms with E-state index in [1.54, 1.807) is 0 Å². The summed E-state index contributed by atoms with van der Waals surface area (Å²) in [7, 11) is 0. The maximum absolute atomic E-state index is 6.20. The van der Waals surface area contributed by atoms with Crippen molar-refractivity contribution in [1.82, 2.24) is 0 Å². The molecule has 0 spiro atoms. The minimum absolute atomic E-state index is 0.405. The molecular weight excluding hydrogens is 270 g/mol. The number of aryl methyl sites for hydroxylation is 2. The molecule has 1 aliphatic rings. The first-order valence-electron chi connectivity index (χ1n) is 8.28. The zero-order valence-corrected chi connectivity index (χ0v) is 13.6. The number of nitrogens with one attached hydrogen (secondary N) is 1. The molecule has 1 N–H and O–H groups in total. The van der Waals surface area contributed by atoms with E-state index in [-0.39, 0.29) is 0 Å². The van der Waals surface area contributed by atoms with Crippen LogP contribution in [0.3, 0.4) is 0 Å². The molecule has 2 aromatic carbocycles. The SMILES string of the molecule is Cc1ccc(NCc2ccccc2OC2CCCC2)cc1C. The molecule has 1 fully saturated rings. The van der Waals surface area contributed by atoms with Crippen LogP contribution in [0.5, 0.6) is 5.75 Å². The highest BCUT2D eigenvalue weighted by molar-refractivity contribution is 5.49. The van der Waals surface area contributed by atoms with Gasteiger partial charge in [0.1, 0.15) is 5.75 Å². The molecule has 0 aliphatic heterocycles. The second-order valence-electron chi connectivity index (χ2n) is 6.28. The first-order chi connectivity index (χ1) is 10.7. The van der Waals surface area contributed by atoms with Crippen LogP contribution >= 0.6 is 0 Å². The Hall–Kier alpha value is -1.96. The lowest BCUT2D eigenvalue weighted by Crippen LogP contribution is -2.13. The van der Waals surface area contributed by atoms with E-state index in [0.29, 0.717) is 6.10 Å². The number of anilines is 1. The molecule has 0 bridgehead atoms. The van der Waals surface area contributed by atoms with Crippen molar-refractivity contribution in [2.45, 2.75) is 52.2 Å². The van der Waals surface area contributed by atoms with E-state index in [1.807, 2.05) is 0 Å². The van der Waals surface area contributed by atoms with E-state index < -0.39 is 0 Å². The Kier molecular flexibility index (Phi) is 4.67. The van der Waals surface area contributed by atoms with Gasteiger partial charge in [-0.15, -0.1) is 0 Å². The molecule has 0 heterocycles. The van der Waals surface area contributed by atoms with E-state index in [4.69, 9.17) is 4.74 Å². The van der Waals surface area contributed by atoms with Crippen LogP contribution in [-0.2, 0) is 6.54 Å². The molecule has 0 aromatic heterocycles. The summed E-state index contributed by atoms with van der Waals surface area (Å²) in [5.41, 5.74) is 5.04. The van der Waals surface area contributed by atoms with Gasteiger partial charge >= 0.3 is 0 Å². The van der Waals surface area contributed by atoms with Crippen LogP contribution in [0, 0.1) is 13.8 Å². The highest BCUT2D eigenvalue weighted by atomic mass is 16.5. The number of rotatable bonds is 5. The third-order valence-electron chi connectivity index (χ3n) is 4.56. The summed E-state index contributed by atoms with van der Waals surface area (Å²) < 4.78 is 6.20. The summed E-state index contributed by atoms with van der Waals surface area (Å²) in [6.07, 6.45) is 5.39. The highest BCUT2D eigenvalue weighted by Crippen LogP contribution is 2.27. The Balaban J connectivity index is 1.67. The average Bonchev–Trinajstić information content (AvgIpc) is 3.03. The van der Waals surface area contributed by atoms with Crippen LogP contribution in [0.2, 0.25) is 0 Å². The second kappa shape index (κ2) is 6.87. The van der Waals surface area contributed by atoms with E-state index >= 15 is 0 Å². The Morgan fingerprint density at radius 2 is 1.77 bits per heavy atom. The maximum Gasteiger partial charge on any atom is 0.124 e. The third kappa shape index (κ3) is 3.62. The Morgan fingerprint density at radius 3 is 2.55 bits per heavy atom. The van der Waals surface area contributed by atoms with Crippen molar-refractivity contribution < 1.29 is 4.74 Å². The largest absolute Gasteiger partial charge is 0.490 e. The summed E-state index contributed by atoms with van der Waals surface area (Å²) in [4.78, 5) is 0. The minimum atomic E-state index is 0.405. The Morgan fingerprint density at radius 1 is 1.00 bits per heavy atom. The quantitative estimate of drug-likeness (QED) is 0.814. The molecular formula is C20H25NO. The average molecular weight is 295 g/mol. The lowest BCUT2D eigenvalue weighted by molar-refractivity contribution is 0.208. The summed E-state index contributed by atoms with van der Waals surface area (Å²) >= 11 is 0. The van der Waals surface area contributed by atoms with Gasteiger partial charge in [0.05, 0.1) is 6.10 Å². The lowest BCUT2D eigenvalue weighted by Gasteiger charge is -2.17. The molecule has 22 heavy (non-hydrogen) atoms. The third-order valence-corrected chi connectivity index (χ3v) is 4.56. The Bertz CT molecular complexity index is 629. The highest BCUT2D eigenvalue weighted by Gasteiger charge is 2.17. The normalized spacial score (nSPS) is 15.0. The molecule has 1 saturated carbocycles. The number of para-hydroxylation sites is 1. The van der Waals surface area contributed by atoms with Crippen molar-refractivity contribution in [3.8, 4) is 5.75 Å². The van der Waals surface area contributed by atoms with E-state index in [0.717, 1.165) is 12.3 Å². The van der Waals surface area contributed by atoms with E-state index in [1.165, 1.54) is 48.1 Å². The van der Waals surface area contributed by atoms with Crippen LogP contribution in [0.1, 0.15) is 42.4 Å². The monoisotopic (exact) mass is 295 g/mol. The standard InChI is InChI=1S/C20H25NO/c1-15-11-12-18(13-16(15)2)21-14-17-7-3-6-10-20(17)22-19-8-4-5-9-19/h3,6-7,10-13,19,21H,4-5,8-9,14H2,1-2H3. The molecule has 3 rings (SSSR count). The molecule has 0 unspecified atom stereocenters. The fraction of sp³-hybridized carbons (Fsp3) is 0.400.